The van der Waals surface area contributed by atoms with Crippen molar-refractivity contribution in [3.63, 3.8) is 0 Å². The fourth-order valence-corrected chi connectivity index (χ4v) is 3.63. The summed E-state index contributed by atoms with van der Waals surface area (Å²) in [5.74, 6) is 0. The van der Waals surface area contributed by atoms with E-state index in [1.807, 2.05) is 12.3 Å². The van der Waals surface area contributed by atoms with Crippen LogP contribution in [0, 0.1) is 16.7 Å². The highest BCUT2D eigenvalue weighted by atomic mass is 32.2. The number of nitrogens with zero attached hydrogens (tertiary/aromatic N) is 2. The van der Waals surface area contributed by atoms with Crippen molar-refractivity contribution in [2.24, 2.45) is 5.41 Å². The average Bonchev–Trinajstić information content (AvgIpc) is 2.45. The van der Waals surface area contributed by atoms with E-state index in [1.54, 1.807) is 11.8 Å². The Labute approximate surface area is 127 Å². The van der Waals surface area contributed by atoms with E-state index in [1.165, 1.54) is 25.7 Å². The lowest BCUT2D eigenvalue weighted by atomic mass is 9.75. The summed E-state index contributed by atoms with van der Waals surface area (Å²) in [6, 6.07) is 9.13. The highest BCUT2D eigenvalue weighted by Crippen LogP contribution is 2.39. The van der Waals surface area contributed by atoms with Gasteiger partial charge in [-0.2, -0.15) is 5.26 Å². The highest BCUT2D eigenvalue weighted by molar-refractivity contribution is 7.98. The van der Waals surface area contributed by atoms with Gasteiger partial charge in [0.1, 0.15) is 6.07 Å². The maximum Gasteiger partial charge on any atom is 0.103 e. The van der Waals surface area contributed by atoms with E-state index in [2.05, 4.69) is 44.0 Å². The molecule has 2 rings (SSSR count). The number of benzene rings is 1. The molecule has 0 atom stereocenters. The zero-order valence-corrected chi connectivity index (χ0v) is 13.8. The van der Waals surface area contributed by atoms with E-state index in [9.17, 15) is 5.26 Å². The first kappa shape index (κ1) is 15.3. The number of thioether (sulfide) groups is 1. The van der Waals surface area contributed by atoms with Gasteiger partial charge in [0.2, 0.25) is 0 Å². The number of rotatable bonds is 3. The second-order valence-corrected chi connectivity index (χ2v) is 7.32. The van der Waals surface area contributed by atoms with Crippen LogP contribution in [-0.2, 0) is 0 Å². The van der Waals surface area contributed by atoms with Gasteiger partial charge in [0.05, 0.1) is 11.3 Å². The van der Waals surface area contributed by atoms with Gasteiger partial charge in [-0.05, 0) is 49.5 Å². The molecule has 0 unspecified atom stereocenters. The summed E-state index contributed by atoms with van der Waals surface area (Å²) >= 11 is 1.65. The predicted octanol–water partition coefficient (Wildman–Crippen LogP) is 4.69. The SMILES string of the molecule is CSc1cccc(N(C)C2CCC(C)(C)CC2)c1C#N. The van der Waals surface area contributed by atoms with Gasteiger partial charge in [0, 0.05) is 18.0 Å². The van der Waals surface area contributed by atoms with Crippen molar-refractivity contribution in [1.29, 1.82) is 5.26 Å². The monoisotopic (exact) mass is 288 g/mol. The molecule has 0 amide bonds. The lowest BCUT2D eigenvalue weighted by Gasteiger charge is -2.40. The van der Waals surface area contributed by atoms with Crippen molar-refractivity contribution in [1.82, 2.24) is 0 Å². The molecule has 0 N–H and O–H groups in total. The van der Waals surface area contributed by atoms with E-state index in [-0.39, 0.29) is 0 Å². The summed E-state index contributed by atoms with van der Waals surface area (Å²) in [5, 5.41) is 9.47. The molecular formula is C17H24N2S. The molecule has 1 aliphatic rings. The first-order valence-corrected chi connectivity index (χ1v) is 8.51. The number of hydrogen-bond donors (Lipinski definition) is 0. The quantitative estimate of drug-likeness (QED) is 0.755. The molecular weight excluding hydrogens is 264 g/mol. The Morgan fingerprint density at radius 3 is 2.50 bits per heavy atom. The van der Waals surface area contributed by atoms with Gasteiger partial charge in [-0.3, -0.25) is 0 Å². The van der Waals surface area contributed by atoms with E-state index in [0.29, 0.717) is 11.5 Å². The van der Waals surface area contributed by atoms with Crippen LogP contribution < -0.4 is 4.90 Å². The van der Waals surface area contributed by atoms with Gasteiger partial charge in [-0.15, -0.1) is 11.8 Å². The third-order valence-corrected chi connectivity index (χ3v) is 5.35. The zero-order chi connectivity index (χ0) is 14.8. The summed E-state index contributed by atoms with van der Waals surface area (Å²) in [6.07, 6.45) is 7.01. The van der Waals surface area contributed by atoms with Gasteiger partial charge < -0.3 is 4.90 Å². The smallest absolute Gasteiger partial charge is 0.103 e. The Hall–Kier alpha value is -1.14. The molecule has 0 bridgehead atoms. The molecule has 0 heterocycles. The van der Waals surface area contributed by atoms with Gasteiger partial charge in [0.25, 0.3) is 0 Å². The molecule has 1 aromatic rings. The van der Waals surface area contributed by atoms with Crippen molar-refractivity contribution < 1.29 is 0 Å². The van der Waals surface area contributed by atoms with Gasteiger partial charge in [0.15, 0.2) is 0 Å². The van der Waals surface area contributed by atoms with Gasteiger partial charge in [-0.25, -0.2) is 0 Å². The lowest BCUT2D eigenvalue weighted by molar-refractivity contribution is 0.222. The van der Waals surface area contributed by atoms with Crippen LogP contribution in [0.25, 0.3) is 0 Å². The maximum absolute atomic E-state index is 9.47. The van der Waals surface area contributed by atoms with Crippen molar-refractivity contribution >= 4 is 17.4 Å². The third kappa shape index (κ3) is 3.12. The molecule has 0 aromatic heterocycles. The van der Waals surface area contributed by atoms with E-state index >= 15 is 0 Å². The molecule has 0 spiro atoms. The van der Waals surface area contributed by atoms with Crippen LogP contribution in [0.3, 0.4) is 0 Å². The summed E-state index contributed by atoms with van der Waals surface area (Å²) in [4.78, 5) is 3.40. The number of nitriles is 1. The normalized spacial score (nSPS) is 18.6. The third-order valence-electron chi connectivity index (χ3n) is 4.57. The van der Waals surface area contributed by atoms with Crippen LogP contribution in [0.15, 0.2) is 23.1 Å². The molecule has 1 aliphatic carbocycles. The van der Waals surface area contributed by atoms with Crippen LogP contribution in [0.5, 0.6) is 0 Å². The molecule has 1 aromatic carbocycles. The fraction of sp³-hybridized carbons (Fsp3) is 0.588. The molecule has 0 aliphatic heterocycles. The van der Waals surface area contributed by atoms with Crippen LogP contribution in [-0.4, -0.2) is 19.3 Å². The predicted molar refractivity (Wildman–Crippen MR) is 87.4 cm³/mol. The van der Waals surface area contributed by atoms with Crippen LogP contribution in [0.1, 0.15) is 45.1 Å². The Morgan fingerprint density at radius 2 is 1.95 bits per heavy atom. The zero-order valence-electron chi connectivity index (χ0n) is 12.9. The first-order valence-electron chi connectivity index (χ1n) is 7.28. The van der Waals surface area contributed by atoms with Crippen LogP contribution in [0.2, 0.25) is 0 Å². The average molecular weight is 288 g/mol. The largest absolute Gasteiger partial charge is 0.371 e. The standard InChI is InChI=1S/C17H24N2S/c1-17(2)10-8-13(9-11-17)19(3)15-6-5-7-16(20-4)14(15)12-18/h5-7,13H,8-11H2,1-4H3. The molecule has 20 heavy (non-hydrogen) atoms. The van der Waals surface area contributed by atoms with Crippen LogP contribution >= 0.6 is 11.8 Å². The Bertz CT molecular complexity index is 506. The second kappa shape index (κ2) is 6.10. The van der Waals surface area contributed by atoms with E-state index in [4.69, 9.17) is 0 Å². The highest BCUT2D eigenvalue weighted by Gasteiger charge is 2.29. The summed E-state index contributed by atoms with van der Waals surface area (Å²) < 4.78 is 0. The molecule has 3 heteroatoms. The maximum atomic E-state index is 9.47. The van der Waals surface area contributed by atoms with Crippen LogP contribution in [0.4, 0.5) is 5.69 Å². The minimum Gasteiger partial charge on any atom is -0.371 e. The Kier molecular flexibility index (Phi) is 4.65. The topological polar surface area (TPSA) is 27.0 Å². The number of hydrogen-bond acceptors (Lipinski definition) is 3. The summed E-state index contributed by atoms with van der Waals surface area (Å²) in [5.41, 5.74) is 2.40. The molecule has 0 radical (unpaired) electrons. The van der Waals surface area contributed by atoms with Gasteiger partial charge in [-0.1, -0.05) is 19.9 Å². The molecule has 0 saturated heterocycles. The first-order chi connectivity index (χ1) is 9.48. The minimum absolute atomic E-state index is 0.483. The van der Waals surface area contributed by atoms with Crippen molar-refractivity contribution in [3.8, 4) is 6.07 Å². The minimum atomic E-state index is 0.483. The van der Waals surface area contributed by atoms with Crippen molar-refractivity contribution in [2.45, 2.75) is 50.5 Å². The fourth-order valence-electron chi connectivity index (χ4n) is 3.06. The van der Waals surface area contributed by atoms with E-state index in [0.717, 1.165) is 16.1 Å². The second-order valence-electron chi connectivity index (χ2n) is 6.47. The Balaban J connectivity index is 2.22. The number of anilines is 1. The summed E-state index contributed by atoms with van der Waals surface area (Å²) in [7, 11) is 2.14. The summed E-state index contributed by atoms with van der Waals surface area (Å²) in [6.45, 7) is 4.72. The van der Waals surface area contributed by atoms with Crippen molar-refractivity contribution in [3.05, 3.63) is 23.8 Å². The molecule has 1 fully saturated rings. The van der Waals surface area contributed by atoms with E-state index < -0.39 is 0 Å². The molecule has 1 saturated carbocycles. The molecule has 108 valence electrons. The van der Waals surface area contributed by atoms with Gasteiger partial charge >= 0.3 is 0 Å². The lowest BCUT2D eigenvalue weighted by Crippen LogP contribution is -2.37. The van der Waals surface area contributed by atoms with Crippen molar-refractivity contribution in [2.75, 3.05) is 18.2 Å². The molecule has 2 nitrogen and oxygen atoms in total. The Morgan fingerprint density at radius 1 is 1.30 bits per heavy atom.